The third-order valence-corrected chi connectivity index (χ3v) is 2.80. The number of nitrogens with one attached hydrogen (secondary N) is 1. The van der Waals surface area contributed by atoms with Crippen LogP contribution in [-0.4, -0.2) is 7.11 Å². The van der Waals surface area contributed by atoms with Gasteiger partial charge in [0.25, 0.3) is 0 Å². The molecular weight excluding hydrogens is 184 g/mol. The molecule has 1 rings (SSSR count). The van der Waals surface area contributed by atoms with Crippen LogP contribution in [0.25, 0.3) is 0 Å². The standard InChI is InChI=1S/C9H14N2OS/c1-3-4-8(11-10)9-5-7(12-2)6-13-9/h3,5-6,8,11H,1,4,10H2,2H3. The van der Waals surface area contributed by atoms with Crippen molar-refractivity contribution in [2.45, 2.75) is 12.5 Å². The van der Waals surface area contributed by atoms with E-state index < -0.39 is 0 Å². The topological polar surface area (TPSA) is 47.3 Å². The largest absolute Gasteiger partial charge is 0.496 e. The number of rotatable bonds is 5. The van der Waals surface area contributed by atoms with Gasteiger partial charge in [-0.3, -0.25) is 11.3 Å². The van der Waals surface area contributed by atoms with Gasteiger partial charge in [0.15, 0.2) is 0 Å². The zero-order valence-corrected chi connectivity index (χ0v) is 8.43. The molecule has 3 N–H and O–H groups in total. The number of hydrogen-bond donors (Lipinski definition) is 2. The zero-order chi connectivity index (χ0) is 9.68. The van der Waals surface area contributed by atoms with Crippen molar-refractivity contribution in [1.29, 1.82) is 0 Å². The second-order valence-electron chi connectivity index (χ2n) is 2.63. The molecule has 72 valence electrons. The Kier molecular flexibility index (Phi) is 3.95. The van der Waals surface area contributed by atoms with Gasteiger partial charge in [-0.05, 0) is 12.5 Å². The van der Waals surface area contributed by atoms with E-state index in [-0.39, 0.29) is 6.04 Å². The normalized spacial score (nSPS) is 12.5. The summed E-state index contributed by atoms with van der Waals surface area (Å²) in [6.07, 6.45) is 2.66. The molecule has 4 heteroatoms. The van der Waals surface area contributed by atoms with Crippen LogP contribution >= 0.6 is 11.3 Å². The Labute approximate surface area is 82.2 Å². The van der Waals surface area contributed by atoms with Gasteiger partial charge in [0.1, 0.15) is 5.75 Å². The minimum absolute atomic E-state index is 0.145. The molecule has 0 aliphatic carbocycles. The molecule has 1 atom stereocenters. The maximum atomic E-state index is 5.41. The van der Waals surface area contributed by atoms with Crippen LogP contribution in [0.4, 0.5) is 0 Å². The van der Waals surface area contributed by atoms with Gasteiger partial charge in [-0.1, -0.05) is 6.08 Å². The maximum absolute atomic E-state index is 5.41. The third kappa shape index (κ3) is 2.55. The number of nitrogens with two attached hydrogens (primary N) is 1. The molecule has 1 aromatic rings. The van der Waals surface area contributed by atoms with Crippen LogP contribution in [0.5, 0.6) is 5.75 Å². The Morgan fingerprint density at radius 1 is 1.85 bits per heavy atom. The van der Waals surface area contributed by atoms with E-state index in [4.69, 9.17) is 10.6 Å². The summed E-state index contributed by atoms with van der Waals surface area (Å²) in [5.41, 5.74) is 2.74. The van der Waals surface area contributed by atoms with Gasteiger partial charge >= 0.3 is 0 Å². The highest BCUT2D eigenvalue weighted by Crippen LogP contribution is 2.28. The molecule has 0 saturated carbocycles. The second-order valence-corrected chi connectivity index (χ2v) is 3.58. The summed E-state index contributed by atoms with van der Waals surface area (Å²) in [7, 11) is 1.66. The average molecular weight is 198 g/mol. The molecule has 0 aromatic carbocycles. The summed E-state index contributed by atoms with van der Waals surface area (Å²) in [5.74, 6) is 6.29. The number of ether oxygens (including phenoxy) is 1. The lowest BCUT2D eigenvalue weighted by Crippen LogP contribution is -2.26. The van der Waals surface area contributed by atoms with Crippen molar-refractivity contribution in [2.75, 3.05) is 7.11 Å². The summed E-state index contributed by atoms with van der Waals surface area (Å²) < 4.78 is 5.08. The Morgan fingerprint density at radius 3 is 3.08 bits per heavy atom. The first-order chi connectivity index (χ1) is 6.31. The van der Waals surface area contributed by atoms with E-state index >= 15 is 0 Å². The first kappa shape index (κ1) is 10.2. The van der Waals surface area contributed by atoms with Gasteiger partial charge in [0, 0.05) is 10.3 Å². The third-order valence-electron chi connectivity index (χ3n) is 1.78. The molecule has 0 aliphatic heterocycles. The highest BCUT2D eigenvalue weighted by Gasteiger charge is 2.10. The Morgan fingerprint density at radius 2 is 2.62 bits per heavy atom. The number of hydrazine groups is 1. The van der Waals surface area contributed by atoms with Crippen LogP contribution in [0.1, 0.15) is 17.3 Å². The molecule has 0 amide bonds. The summed E-state index contributed by atoms with van der Waals surface area (Å²) in [4.78, 5) is 1.17. The lowest BCUT2D eigenvalue weighted by molar-refractivity contribution is 0.416. The van der Waals surface area contributed by atoms with Crippen molar-refractivity contribution in [3.63, 3.8) is 0 Å². The maximum Gasteiger partial charge on any atom is 0.129 e. The van der Waals surface area contributed by atoms with Crippen LogP contribution in [0.2, 0.25) is 0 Å². The number of hydrogen-bond acceptors (Lipinski definition) is 4. The predicted octanol–water partition coefficient (Wildman–Crippen LogP) is 1.84. The molecular formula is C9H14N2OS. The van der Waals surface area contributed by atoms with Gasteiger partial charge in [-0.2, -0.15) is 0 Å². The van der Waals surface area contributed by atoms with Crippen LogP contribution in [0.3, 0.4) is 0 Å². The highest BCUT2D eigenvalue weighted by atomic mass is 32.1. The molecule has 13 heavy (non-hydrogen) atoms. The van der Waals surface area contributed by atoms with Crippen molar-refractivity contribution < 1.29 is 4.74 Å². The minimum atomic E-state index is 0.145. The monoisotopic (exact) mass is 198 g/mol. The van der Waals surface area contributed by atoms with Crippen molar-refractivity contribution in [1.82, 2.24) is 5.43 Å². The molecule has 0 fully saturated rings. The van der Waals surface area contributed by atoms with E-state index in [1.807, 2.05) is 17.5 Å². The van der Waals surface area contributed by atoms with Crippen LogP contribution < -0.4 is 16.0 Å². The fraction of sp³-hybridized carbons (Fsp3) is 0.333. The molecule has 0 aliphatic rings. The van der Waals surface area contributed by atoms with Crippen molar-refractivity contribution in [2.24, 2.45) is 5.84 Å². The Bertz CT molecular complexity index is 272. The van der Waals surface area contributed by atoms with Crippen LogP contribution in [0.15, 0.2) is 24.1 Å². The van der Waals surface area contributed by atoms with Gasteiger partial charge < -0.3 is 4.74 Å². The number of thiophene rings is 1. The fourth-order valence-electron chi connectivity index (χ4n) is 1.06. The van der Waals surface area contributed by atoms with Crippen LogP contribution in [-0.2, 0) is 0 Å². The van der Waals surface area contributed by atoms with Crippen molar-refractivity contribution in [3.05, 3.63) is 29.0 Å². The average Bonchev–Trinajstić information content (AvgIpc) is 2.62. The van der Waals surface area contributed by atoms with Gasteiger partial charge in [-0.25, -0.2) is 0 Å². The lowest BCUT2D eigenvalue weighted by atomic mass is 10.2. The van der Waals surface area contributed by atoms with Crippen molar-refractivity contribution in [3.8, 4) is 5.75 Å². The van der Waals surface area contributed by atoms with E-state index in [9.17, 15) is 0 Å². The molecule has 0 saturated heterocycles. The molecule has 0 bridgehead atoms. The smallest absolute Gasteiger partial charge is 0.129 e. The summed E-state index contributed by atoms with van der Waals surface area (Å²) >= 11 is 1.63. The van der Waals surface area contributed by atoms with E-state index in [1.54, 1.807) is 18.4 Å². The quantitative estimate of drug-likeness (QED) is 0.431. The summed E-state index contributed by atoms with van der Waals surface area (Å²) in [5, 5.41) is 1.96. The first-order valence-electron chi connectivity index (χ1n) is 4.01. The van der Waals surface area contributed by atoms with Gasteiger partial charge in [0.05, 0.1) is 13.2 Å². The van der Waals surface area contributed by atoms with Gasteiger partial charge in [-0.15, -0.1) is 17.9 Å². The minimum Gasteiger partial charge on any atom is -0.496 e. The van der Waals surface area contributed by atoms with E-state index in [1.165, 1.54) is 4.88 Å². The van der Waals surface area contributed by atoms with E-state index in [2.05, 4.69) is 12.0 Å². The molecule has 0 radical (unpaired) electrons. The fourth-order valence-corrected chi connectivity index (χ4v) is 1.99. The lowest BCUT2D eigenvalue weighted by Gasteiger charge is -2.10. The molecule has 0 spiro atoms. The van der Waals surface area contributed by atoms with Gasteiger partial charge in [0.2, 0.25) is 0 Å². The summed E-state index contributed by atoms with van der Waals surface area (Å²) in [6.45, 7) is 3.68. The van der Waals surface area contributed by atoms with E-state index in [0.29, 0.717) is 0 Å². The molecule has 1 aromatic heterocycles. The zero-order valence-electron chi connectivity index (χ0n) is 7.62. The Balaban J connectivity index is 2.72. The molecule has 1 heterocycles. The second kappa shape index (κ2) is 5.01. The van der Waals surface area contributed by atoms with Crippen LogP contribution in [0, 0.1) is 0 Å². The SMILES string of the molecule is C=CCC(NN)c1cc(OC)cs1. The molecule has 1 unspecified atom stereocenters. The highest BCUT2D eigenvalue weighted by molar-refractivity contribution is 7.10. The van der Waals surface area contributed by atoms with E-state index in [0.717, 1.165) is 12.2 Å². The Hall–Kier alpha value is -0.840. The number of methoxy groups -OCH3 is 1. The summed E-state index contributed by atoms with van der Waals surface area (Å²) in [6, 6.07) is 2.13. The first-order valence-corrected chi connectivity index (χ1v) is 4.89. The molecule has 3 nitrogen and oxygen atoms in total. The predicted molar refractivity (Wildman–Crippen MR) is 55.7 cm³/mol. The van der Waals surface area contributed by atoms with Crippen molar-refractivity contribution >= 4 is 11.3 Å².